The molecule has 0 saturated carbocycles. The highest BCUT2D eigenvalue weighted by Crippen LogP contribution is 2.29. The predicted octanol–water partition coefficient (Wildman–Crippen LogP) is 1.61. The van der Waals surface area contributed by atoms with Crippen LogP contribution >= 0.6 is 0 Å². The van der Waals surface area contributed by atoms with E-state index in [1.54, 1.807) is 4.68 Å². The Balaban J connectivity index is 3.32. The molecule has 0 unspecified atom stereocenters. The molecular weight excluding hydrogens is 150 g/mol. The molecule has 0 bridgehead atoms. The van der Waals surface area contributed by atoms with E-state index in [1.807, 2.05) is 14.0 Å². The molecule has 1 aromatic rings. The summed E-state index contributed by atoms with van der Waals surface area (Å²) in [6, 6.07) is 0. The summed E-state index contributed by atoms with van der Waals surface area (Å²) in [7, 11) is 1.87. The fourth-order valence-corrected chi connectivity index (χ4v) is 1.60. The normalized spacial score (nSPS) is 12.1. The van der Waals surface area contributed by atoms with Crippen LogP contribution in [0.4, 0.5) is 5.82 Å². The van der Waals surface area contributed by atoms with Crippen molar-refractivity contribution in [1.29, 1.82) is 0 Å². The first-order chi connectivity index (χ1) is 5.34. The van der Waals surface area contributed by atoms with Crippen LogP contribution in [-0.2, 0) is 12.5 Å². The Morgan fingerprint density at radius 2 is 1.83 bits per heavy atom. The fraction of sp³-hybridized carbons (Fsp3) is 0.667. The van der Waals surface area contributed by atoms with Crippen molar-refractivity contribution in [2.24, 2.45) is 7.05 Å². The summed E-state index contributed by atoms with van der Waals surface area (Å²) >= 11 is 0. The maximum Gasteiger partial charge on any atom is 0.125 e. The molecule has 0 aliphatic rings. The van der Waals surface area contributed by atoms with Gasteiger partial charge in [0.05, 0.1) is 5.69 Å². The van der Waals surface area contributed by atoms with Crippen LogP contribution < -0.4 is 5.73 Å². The smallest absolute Gasteiger partial charge is 0.125 e. The van der Waals surface area contributed by atoms with E-state index in [4.69, 9.17) is 5.73 Å². The van der Waals surface area contributed by atoms with Gasteiger partial charge in [-0.3, -0.25) is 4.68 Å². The number of hydrogen-bond acceptors (Lipinski definition) is 2. The molecule has 12 heavy (non-hydrogen) atoms. The van der Waals surface area contributed by atoms with E-state index in [-0.39, 0.29) is 5.41 Å². The fourth-order valence-electron chi connectivity index (χ4n) is 1.60. The molecule has 0 fully saturated rings. The van der Waals surface area contributed by atoms with Gasteiger partial charge in [0.25, 0.3) is 0 Å². The van der Waals surface area contributed by atoms with Crippen LogP contribution in [0.2, 0.25) is 0 Å². The Morgan fingerprint density at radius 1 is 1.33 bits per heavy atom. The molecule has 0 aromatic carbocycles. The zero-order chi connectivity index (χ0) is 9.52. The molecule has 0 radical (unpaired) electrons. The monoisotopic (exact) mass is 167 g/mol. The third-order valence-corrected chi connectivity index (χ3v) is 2.02. The van der Waals surface area contributed by atoms with Gasteiger partial charge < -0.3 is 5.73 Å². The minimum Gasteiger partial charge on any atom is -0.384 e. The van der Waals surface area contributed by atoms with Crippen LogP contribution in [0.15, 0.2) is 0 Å². The summed E-state index contributed by atoms with van der Waals surface area (Å²) in [5.41, 5.74) is 8.16. The molecule has 1 rings (SSSR count). The average Bonchev–Trinajstić information content (AvgIpc) is 2.05. The lowest BCUT2D eigenvalue weighted by Gasteiger charge is -2.18. The SMILES string of the molecule is Cc1nn(C)c(N)c1C(C)(C)C. The maximum atomic E-state index is 5.89. The van der Waals surface area contributed by atoms with Gasteiger partial charge in [-0.2, -0.15) is 5.10 Å². The second kappa shape index (κ2) is 2.51. The number of aryl methyl sites for hydroxylation is 2. The standard InChI is InChI=1S/C9H17N3/c1-6-7(9(2,3)4)8(10)12(5)11-6/h10H2,1-5H3. The third kappa shape index (κ3) is 1.31. The molecule has 3 heteroatoms. The zero-order valence-electron chi connectivity index (χ0n) is 8.47. The van der Waals surface area contributed by atoms with Crippen molar-refractivity contribution in [3.8, 4) is 0 Å². The number of nitrogens with zero attached hydrogens (tertiary/aromatic N) is 2. The minimum atomic E-state index is 0.0857. The van der Waals surface area contributed by atoms with E-state index >= 15 is 0 Å². The van der Waals surface area contributed by atoms with Crippen molar-refractivity contribution in [2.75, 3.05) is 5.73 Å². The molecule has 1 aromatic heterocycles. The van der Waals surface area contributed by atoms with Crippen molar-refractivity contribution in [3.05, 3.63) is 11.3 Å². The first kappa shape index (κ1) is 9.10. The van der Waals surface area contributed by atoms with Gasteiger partial charge in [0, 0.05) is 12.6 Å². The average molecular weight is 167 g/mol. The van der Waals surface area contributed by atoms with Gasteiger partial charge in [0.1, 0.15) is 5.82 Å². The first-order valence-electron chi connectivity index (χ1n) is 4.13. The van der Waals surface area contributed by atoms with Gasteiger partial charge in [-0.1, -0.05) is 20.8 Å². The lowest BCUT2D eigenvalue weighted by Crippen LogP contribution is -2.14. The summed E-state index contributed by atoms with van der Waals surface area (Å²) in [5.74, 6) is 0.778. The molecule has 0 amide bonds. The van der Waals surface area contributed by atoms with Crippen LogP contribution in [0.5, 0.6) is 0 Å². The van der Waals surface area contributed by atoms with Gasteiger partial charge in [-0.05, 0) is 12.3 Å². The summed E-state index contributed by atoms with van der Waals surface area (Å²) in [5, 5.41) is 4.27. The molecule has 0 saturated heterocycles. The Labute approximate surface area is 73.6 Å². The number of anilines is 1. The van der Waals surface area contributed by atoms with E-state index in [2.05, 4.69) is 25.9 Å². The van der Waals surface area contributed by atoms with Gasteiger partial charge in [0.15, 0.2) is 0 Å². The molecule has 0 spiro atoms. The minimum absolute atomic E-state index is 0.0857. The highest BCUT2D eigenvalue weighted by molar-refractivity contribution is 5.47. The van der Waals surface area contributed by atoms with Crippen molar-refractivity contribution >= 4 is 5.82 Å². The lowest BCUT2D eigenvalue weighted by atomic mass is 9.87. The molecule has 0 atom stereocenters. The van der Waals surface area contributed by atoms with Gasteiger partial charge in [-0.15, -0.1) is 0 Å². The number of nitrogens with two attached hydrogens (primary N) is 1. The van der Waals surface area contributed by atoms with E-state index in [0.29, 0.717) is 0 Å². The van der Waals surface area contributed by atoms with Crippen LogP contribution in [-0.4, -0.2) is 9.78 Å². The first-order valence-corrected chi connectivity index (χ1v) is 4.13. The topological polar surface area (TPSA) is 43.8 Å². The van der Waals surface area contributed by atoms with Crippen LogP contribution in [0, 0.1) is 6.92 Å². The highest BCUT2D eigenvalue weighted by atomic mass is 15.3. The Morgan fingerprint density at radius 3 is 2.00 bits per heavy atom. The second-order valence-electron chi connectivity index (χ2n) is 4.22. The van der Waals surface area contributed by atoms with Gasteiger partial charge >= 0.3 is 0 Å². The molecular formula is C9H17N3. The number of rotatable bonds is 0. The molecule has 2 N–H and O–H groups in total. The summed E-state index contributed by atoms with van der Waals surface area (Å²) in [4.78, 5) is 0. The molecule has 0 aliphatic heterocycles. The summed E-state index contributed by atoms with van der Waals surface area (Å²) < 4.78 is 1.73. The van der Waals surface area contributed by atoms with E-state index < -0.39 is 0 Å². The van der Waals surface area contributed by atoms with E-state index in [0.717, 1.165) is 17.1 Å². The van der Waals surface area contributed by atoms with Crippen LogP contribution in [0.25, 0.3) is 0 Å². The van der Waals surface area contributed by atoms with Gasteiger partial charge in [0.2, 0.25) is 0 Å². The maximum absolute atomic E-state index is 5.89. The molecule has 3 nitrogen and oxygen atoms in total. The van der Waals surface area contributed by atoms with Crippen molar-refractivity contribution in [1.82, 2.24) is 9.78 Å². The van der Waals surface area contributed by atoms with Gasteiger partial charge in [-0.25, -0.2) is 0 Å². The third-order valence-electron chi connectivity index (χ3n) is 2.02. The zero-order valence-corrected chi connectivity index (χ0v) is 8.47. The Bertz CT molecular complexity index is 291. The van der Waals surface area contributed by atoms with Crippen LogP contribution in [0.3, 0.4) is 0 Å². The second-order valence-corrected chi connectivity index (χ2v) is 4.22. The predicted molar refractivity (Wildman–Crippen MR) is 51.1 cm³/mol. The van der Waals surface area contributed by atoms with E-state index in [9.17, 15) is 0 Å². The number of nitrogen functional groups attached to an aromatic ring is 1. The number of aromatic nitrogens is 2. The van der Waals surface area contributed by atoms with Crippen molar-refractivity contribution < 1.29 is 0 Å². The van der Waals surface area contributed by atoms with E-state index in [1.165, 1.54) is 0 Å². The summed E-state index contributed by atoms with van der Waals surface area (Å²) in [6.07, 6.45) is 0. The number of hydrogen-bond donors (Lipinski definition) is 1. The Hall–Kier alpha value is -0.990. The Kier molecular flexibility index (Phi) is 1.90. The lowest BCUT2D eigenvalue weighted by molar-refractivity contribution is 0.588. The quantitative estimate of drug-likeness (QED) is 0.638. The largest absolute Gasteiger partial charge is 0.384 e. The molecule has 0 aliphatic carbocycles. The molecule has 68 valence electrons. The van der Waals surface area contributed by atoms with Crippen LogP contribution in [0.1, 0.15) is 32.0 Å². The van der Waals surface area contributed by atoms with Crippen molar-refractivity contribution in [2.45, 2.75) is 33.1 Å². The van der Waals surface area contributed by atoms with Crippen molar-refractivity contribution in [3.63, 3.8) is 0 Å². The summed E-state index contributed by atoms with van der Waals surface area (Å²) in [6.45, 7) is 8.44. The molecule has 1 heterocycles. The highest BCUT2D eigenvalue weighted by Gasteiger charge is 2.22.